The summed E-state index contributed by atoms with van der Waals surface area (Å²) in [7, 11) is 0. The van der Waals surface area contributed by atoms with Gasteiger partial charge in [-0.3, -0.25) is 9.67 Å². The normalized spacial score (nSPS) is 19.8. The summed E-state index contributed by atoms with van der Waals surface area (Å²) in [4.78, 5) is 0. The van der Waals surface area contributed by atoms with Crippen LogP contribution in [0.5, 0.6) is 0 Å². The number of H-pyrrole nitrogens is 1. The van der Waals surface area contributed by atoms with E-state index in [1.165, 1.54) is 31.5 Å². The highest BCUT2D eigenvalue weighted by Gasteiger charge is 2.39. The van der Waals surface area contributed by atoms with E-state index < -0.39 is 0 Å². The molecule has 1 aliphatic rings. The Morgan fingerprint density at radius 2 is 1.94 bits per heavy atom. The predicted octanol–water partition coefficient (Wildman–Crippen LogP) is 3.92. The monoisotopic (exact) mass is 253 g/mol. The summed E-state index contributed by atoms with van der Waals surface area (Å²) >= 11 is 5.40. The maximum atomic E-state index is 5.40. The van der Waals surface area contributed by atoms with Crippen molar-refractivity contribution in [1.82, 2.24) is 14.8 Å². The largest absolute Gasteiger partial charge is 0.298 e. The molecule has 0 saturated heterocycles. The summed E-state index contributed by atoms with van der Waals surface area (Å²) in [5.74, 6) is 1.18. The average molecular weight is 253 g/mol. The minimum absolute atomic E-state index is 0.00414. The van der Waals surface area contributed by atoms with Crippen LogP contribution >= 0.6 is 12.2 Å². The van der Waals surface area contributed by atoms with Gasteiger partial charge in [-0.05, 0) is 52.3 Å². The number of aromatic amines is 1. The molecule has 1 aliphatic carbocycles. The van der Waals surface area contributed by atoms with Gasteiger partial charge in [-0.25, -0.2) is 0 Å². The van der Waals surface area contributed by atoms with Gasteiger partial charge in [-0.2, -0.15) is 5.10 Å². The molecule has 0 unspecified atom stereocenters. The zero-order chi connectivity index (χ0) is 12.7. The quantitative estimate of drug-likeness (QED) is 0.811. The molecule has 1 fully saturated rings. The number of hydrogen-bond acceptors (Lipinski definition) is 2. The maximum Gasteiger partial charge on any atom is 0.195 e. The molecule has 1 N–H and O–H groups in total. The van der Waals surface area contributed by atoms with Gasteiger partial charge in [-0.15, -0.1) is 0 Å². The Hall–Kier alpha value is -0.640. The zero-order valence-electron chi connectivity index (χ0n) is 11.3. The zero-order valence-corrected chi connectivity index (χ0v) is 12.2. The number of nitrogens with zero attached hydrogens (tertiary/aromatic N) is 2. The summed E-state index contributed by atoms with van der Waals surface area (Å²) < 4.78 is 2.98. The smallest absolute Gasteiger partial charge is 0.195 e. The summed E-state index contributed by atoms with van der Waals surface area (Å²) in [6, 6.07) is 0. The van der Waals surface area contributed by atoms with Crippen LogP contribution in [0.1, 0.15) is 65.6 Å². The molecule has 2 rings (SSSR count). The molecule has 0 atom stereocenters. The molecule has 0 amide bonds. The van der Waals surface area contributed by atoms with Crippen LogP contribution in [-0.2, 0) is 11.0 Å². The van der Waals surface area contributed by atoms with Gasteiger partial charge in [0.25, 0.3) is 0 Å². The lowest BCUT2D eigenvalue weighted by atomic mass is 9.82. The van der Waals surface area contributed by atoms with Crippen LogP contribution in [0.15, 0.2) is 0 Å². The summed E-state index contributed by atoms with van der Waals surface area (Å²) in [5.41, 5.74) is 0.255. The second kappa shape index (κ2) is 4.23. The Morgan fingerprint density at radius 1 is 1.35 bits per heavy atom. The van der Waals surface area contributed by atoms with E-state index in [1.807, 2.05) is 0 Å². The highest BCUT2D eigenvalue weighted by molar-refractivity contribution is 7.71. The highest BCUT2D eigenvalue weighted by Crippen LogP contribution is 2.43. The molecule has 1 aromatic heterocycles. The Labute approximate surface area is 109 Å². The van der Waals surface area contributed by atoms with Crippen molar-refractivity contribution in [2.45, 2.75) is 70.8 Å². The molecule has 0 aromatic carbocycles. The lowest BCUT2D eigenvalue weighted by Crippen LogP contribution is -2.33. The third-order valence-corrected chi connectivity index (χ3v) is 4.33. The van der Waals surface area contributed by atoms with E-state index in [1.54, 1.807) is 0 Å². The van der Waals surface area contributed by atoms with Crippen molar-refractivity contribution in [3.63, 3.8) is 0 Å². The van der Waals surface area contributed by atoms with E-state index in [-0.39, 0.29) is 11.0 Å². The molecule has 1 saturated carbocycles. The maximum absolute atomic E-state index is 5.40. The molecule has 17 heavy (non-hydrogen) atoms. The van der Waals surface area contributed by atoms with Gasteiger partial charge in [0.05, 0.1) is 0 Å². The Bertz CT molecular complexity index is 444. The van der Waals surface area contributed by atoms with Crippen molar-refractivity contribution < 1.29 is 0 Å². The van der Waals surface area contributed by atoms with Crippen LogP contribution in [0.4, 0.5) is 0 Å². The number of hydrogen-bond donors (Lipinski definition) is 1. The van der Waals surface area contributed by atoms with Crippen molar-refractivity contribution in [2.75, 3.05) is 0 Å². The van der Waals surface area contributed by atoms with Crippen LogP contribution in [0.3, 0.4) is 0 Å². The summed E-state index contributed by atoms with van der Waals surface area (Å²) in [6.07, 6.45) is 6.29. The predicted molar refractivity (Wildman–Crippen MR) is 72.8 cm³/mol. The first kappa shape index (κ1) is 12.8. The van der Waals surface area contributed by atoms with E-state index in [4.69, 9.17) is 12.2 Å². The fourth-order valence-corrected chi connectivity index (χ4v) is 3.47. The van der Waals surface area contributed by atoms with Gasteiger partial charge >= 0.3 is 0 Å². The standard InChI is InChI=1S/C13H23N3S/c1-5-13(8-6-7-9-13)10-14-15-11(17)16(10)12(2,3)4/h5-9H2,1-4H3,(H,15,17). The van der Waals surface area contributed by atoms with Gasteiger partial charge in [0.1, 0.15) is 5.82 Å². The molecule has 1 heterocycles. The first-order valence-electron chi connectivity index (χ1n) is 6.59. The molecular formula is C13H23N3S. The van der Waals surface area contributed by atoms with Crippen LogP contribution in [-0.4, -0.2) is 14.8 Å². The fraction of sp³-hybridized carbons (Fsp3) is 0.846. The lowest BCUT2D eigenvalue weighted by molar-refractivity contribution is 0.314. The first-order valence-corrected chi connectivity index (χ1v) is 7.00. The van der Waals surface area contributed by atoms with Crippen molar-refractivity contribution >= 4 is 12.2 Å². The van der Waals surface area contributed by atoms with Crippen LogP contribution < -0.4 is 0 Å². The van der Waals surface area contributed by atoms with Crippen LogP contribution in [0, 0.1) is 4.77 Å². The second-order valence-electron chi connectivity index (χ2n) is 6.20. The summed E-state index contributed by atoms with van der Waals surface area (Å²) in [6.45, 7) is 8.86. The van der Waals surface area contributed by atoms with Crippen LogP contribution in [0.25, 0.3) is 0 Å². The minimum atomic E-state index is 0.00414. The van der Waals surface area contributed by atoms with Crippen molar-refractivity contribution in [2.24, 2.45) is 0 Å². The van der Waals surface area contributed by atoms with Gasteiger partial charge in [0, 0.05) is 11.0 Å². The van der Waals surface area contributed by atoms with E-state index in [9.17, 15) is 0 Å². The Morgan fingerprint density at radius 3 is 2.41 bits per heavy atom. The van der Waals surface area contributed by atoms with Gasteiger partial charge in [0.2, 0.25) is 0 Å². The minimum Gasteiger partial charge on any atom is -0.298 e. The molecule has 4 heteroatoms. The van der Waals surface area contributed by atoms with E-state index in [0.29, 0.717) is 0 Å². The molecule has 3 nitrogen and oxygen atoms in total. The number of rotatable bonds is 2. The van der Waals surface area contributed by atoms with Crippen molar-refractivity contribution in [3.8, 4) is 0 Å². The molecule has 96 valence electrons. The number of aromatic nitrogens is 3. The van der Waals surface area contributed by atoms with Gasteiger partial charge < -0.3 is 0 Å². The first-order chi connectivity index (χ1) is 7.91. The van der Waals surface area contributed by atoms with E-state index in [2.05, 4.69) is 42.5 Å². The van der Waals surface area contributed by atoms with Crippen molar-refractivity contribution in [3.05, 3.63) is 10.6 Å². The topological polar surface area (TPSA) is 33.6 Å². The van der Waals surface area contributed by atoms with Crippen LogP contribution in [0.2, 0.25) is 0 Å². The molecule has 0 aliphatic heterocycles. The van der Waals surface area contributed by atoms with Crippen molar-refractivity contribution in [1.29, 1.82) is 0 Å². The lowest BCUT2D eigenvalue weighted by Gasteiger charge is -2.32. The third kappa shape index (κ3) is 2.07. The van der Waals surface area contributed by atoms with Gasteiger partial charge in [0.15, 0.2) is 4.77 Å². The molecule has 0 radical (unpaired) electrons. The average Bonchev–Trinajstić information content (AvgIpc) is 2.83. The number of nitrogens with one attached hydrogen (secondary N) is 1. The Balaban J connectivity index is 2.56. The van der Waals surface area contributed by atoms with Gasteiger partial charge in [-0.1, -0.05) is 19.8 Å². The molecule has 0 bridgehead atoms. The highest BCUT2D eigenvalue weighted by atomic mass is 32.1. The fourth-order valence-electron chi connectivity index (χ4n) is 3.06. The summed E-state index contributed by atoms with van der Waals surface area (Å²) in [5, 5.41) is 7.55. The Kier molecular flexibility index (Phi) is 3.19. The van der Waals surface area contributed by atoms with E-state index in [0.717, 1.165) is 11.2 Å². The SMILES string of the molecule is CCC1(c2n[nH]c(=S)n2C(C)(C)C)CCCC1. The second-order valence-corrected chi connectivity index (χ2v) is 6.59. The molecule has 0 spiro atoms. The van der Waals surface area contributed by atoms with E-state index >= 15 is 0 Å². The molecule has 1 aromatic rings. The molecular weight excluding hydrogens is 230 g/mol. The third-order valence-electron chi connectivity index (χ3n) is 4.05.